The van der Waals surface area contributed by atoms with Crippen LogP contribution in [0.5, 0.6) is 0 Å². The summed E-state index contributed by atoms with van der Waals surface area (Å²) in [4.78, 5) is 24.6. The van der Waals surface area contributed by atoms with Gasteiger partial charge >= 0.3 is 0 Å². The van der Waals surface area contributed by atoms with Crippen molar-refractivity contribution in [2.45, 2.75) is 37.7 Å². The molecule has 1 saturated heterocycles. The third-order valence-electron chi connectivity index (χ3n) is 6.66. The van der Waals surface area contributed by atoms with Crippen molar-refractivity contribution in [3.05, 3.63) is 47.8 Å². The van der Waals surface area contributed by atoms with Gasteiger partial charge in [0.05, 0.1) is 24.3 Å². The quantitative estimate of drug-likeness (QED) is 0.799. The lowest BCUT2D eigenvalue weighted by molar-refractivity contribution is -0.148. The van der Waals surface area contributed by atoms with Gasteiger partial charge in [-0.15, -0.1) is 0 Å². The van der Waals surface area contributed by atoms with Crippen LogP contribution >= 0.6 is 0 Å². The second-order valence-corrected chi connectivity index (χ2v) is 8.53. The Labute approximate surface area is 171 Å². The van der Waals surface area contributed by atoms with Crippen molar-refractivity contribution in [1.82, 2.24) is 14.9 Å². The van der Waals surface area contributed by atoms with E-state index in [1.54, 1.807) is 7.11 Å². The largest absolute Gasteiger partial charge is 0.384 e. The molecule has 1 spiro atoms. The standard InChI is InChI=1S/C23H27N3O3/c1-28-16-22(8-9-22)21(27)26-12-10-23(11-13-26)19-18(7-14-29-23)15-24-20(25-19)17-5-3-2-4-6-17/h2-6,15H,7-14,16H2,1H3. The van der Waals surface area contributed by atoms with Gasteiger partial charge in [0.15, 0.2) is 5.82 Å². The average Bonchev–Trinajstić information content (AvgIpc) is 3.56. The van der Waals surface area contributed by atoms with Gasteiger partial charge in [-0.2, -0.15) is 0 Å². The highest BCUT2D eigenvalue weighted by Gasteiger charge is 2.53. The van der Waals surface area contributed by atoms with Gasteiger partial charge in [0, 0.05) is 32.0 Å². The minimum atomic E-state index is -0.408. The number of amides is 1. The van der Waals surface area contributed by atoms with Crippen LogP contribution in [0.15, 0.2) is 36.5 Å². The normalized spacial score (nSPS) is 21.6. The number of hydrogen-bond donors (Lipinski definition) is 0. The van der Waals surface area contributed by atoms with Crippen LogP contribution in [0, 0.1) is 5.41 Å². The fraction of sp³-hybridized carbons (Fsp3) is 0.522. The molecule has 1 amide bonds. The molecule has 0 radical (unpaired) electrons. The molecule has 2 aliphatic heterocycles. The third kappa shape index (κ3) is 3.24. The van der Waals surface area contributed by atoms with Crippen molar-refractivity contribution in [3.8, 4) is 11.4 Å². The van der Waals surface area contributed by atoms with E-state index in [2.05, 4.69) is 4.98 Å². The molecule has 29 heavy (non-hydrogen) atoms. The number of fused-ring (bicyclic) bond motifs is 2. The Hall–Kier alpha value is -2.31. The summed E-state index contributed by atoms with van der Waals surface area (Å²) < 4.78 is 11.7. The first-order chi connectivity index (χ1) is 14.2. The van der Waals surface area contributed by atoms with Crippen LogP contribution in [0.1, 0.15) is 36.9 Å². The van der Waals surface area contributed by atoms with E-state index in [0.29, 0.717) is 26.3 Å². The Morgan fingerprint density at radius 3 is 2.62 bits per heavy atom. The van der Waals surface area contributed by atoms with Gasteiger partial charge in [-0.1, -0.05) is 30.3 Å². The molecule has 6 nitrogen and oxygen atoms in total. The molecule has 2 aromatic rings. The molecule has 5 rings (SSSR count). The Kier molecular flexibility index (Phi) is 4.63. The number of likely N-dealkylation sites (tertiary alicyclic amines) is 1. The summed E-state index contributed by atoms with van der Waals surface area (Å²) in [6.07, 6.45) is 6.23. The molecule has 6 heteroatoms. The topological polar surface area (TPSA) is 64.5 Å². The van der Waals surface area contributed by atoms with Crippen molar-refractivity contribution in [3.63, 3.8) is 0 Å². The summed E-state index contributed by atoms with van der Waals surface area (Å²) in [7, 11) is 1.68. The van der Waals surface area contributed by atoms with Gasteiger partial charge < -0.3 is 14.4 Å². The zero-order valence-corrected chi connectivity index (χ0v) is 16.9. The Bertz CT molecular complexity index is 903. The molecular formula is C23H27N3O3. The van der Waals surface area contributed by atoms with Gasteiger partial charge in [0.2, 0.25) is 5.91 Å². The summed E-state index contributed by atoms with van der Waals surface area (Å²) in [5, 5.41) is 0. The van der Waals surface area contributed by atoms with E-state index in [1.807, 2.05) is 41.4 Å². The molecule has 0 atom stereocenters. The average molecular weight is 393 g/mol. The van der Waals surface area contributed by atoms with Gasteiger partial charge in [-0.25, -0.2) is 9.97 Å². The van der Waals surface area contributed by atoms with E-state index in [1.165, 1.54) is 5.56 Å². The summed E-state index contributed by atoms with van der Waals surface area (Å²) in [5.41, 5.74) is 2.53. The number of ether oxygens (including phenoxy) is 2. The maximum atomic E-state index is 13.0. The first kappa shape index (κ1) is 18.7. The number of carbonyl (C=O) groups is 1. The number of nitrogens with zero attached hydrogens (tertiary/aromatic N) is 3. The number of piperidine rings is 1. The van der Waals surface area contributed by atoms with Crippen LogP contribution in [0.4, 0.5) is 0 Å². The molecule has 1 aromatic carbocycles. The molecule has 2 fully saturated rings. The lowest BCUT2D eigenvalue weighted by atomic mass is 9.82. The highest BCUT2D eigenvalue weighted by atomic mass is 16.5. The molecule has 1 saturated carbocycles. The van der Waals surface area contributed by atoms with Crippen molar-refractivity contribution in [1.29, 1.82) is 0 Å². The van der Waals surface area contributed by atoms with Crippen molar-refractivity contribution in [2.75, 3.05) is 33.4 Å². The van der Waals surface area contributed by atoms with Crippen LogP contribution in [0.25, 0.3) is 11.4 Å². The molecule has 1 aromatic heterocycles. The fourth-order valence-electron chi connectivity index (χ4n) is 4.77. The number of hydrogen-bond acceptors (Lipinski definition) is 5. The summed E-state index contributed by atoms with van der Waals surface area (Å²) in [5.74, 6) is 0.989. The van der Waals surface area contributed by atoms with Crippen molar-refractivity contribution < 1.29 is 14.3 Å². The lowest BCUT2D eigenvalue weighted by Crippen LogP contribution is -2.51. The number of benzene rings is 1. The van der Waals surface area contributed by atoms with Gasteiger partial charge in [-0.3, -0.25) is 4.79 Å². The smallest absolute Gasteiger partial charge is 0.231 e. The van der Waals surface area contributed by atoms with E-state index in [-0.39, 0.29) is 11.3 Å². The van der Waals surface area contributed by atoms with Crippen molar-refractivity contribution >= 4 is 5.91 Å². The van der Waals surface area contributed by atoms with Gasteiger partial charge in [-0.05, 0) is 37.7 Å². The second-order valence-electron chi connectivity index (χ2n) is 8.53. The van der Waals surface area contributed by atoms with E-state index in [0.717, 1.165) is 49.2 Å². The molecule has 152 valence electrons. The molecule has 1 aliphatic carbocycles. The number of rotatable bonds is 4. The highest BCUT2D eigenvalue weighted by molar-refractivity contribution is 5.85. The predicted molar refractivity (Wildman–Crippen MR) is 108 cm³/mol. The Morgan fingerprint density at radius 1 is 1.17 bits per heavy atom. The molecule has 0 N–H and O–H groups in total. The SMILES string of the molecule is COCC1(C(=O)N2CCC3(CC2)OCCc2cnc(-c4ccccc4)nc23)CC1. The lowest BCUT2D eigenvalue weighted by Gasteiger charge is -2.44. The maximum Gasteiger partial charge on any atom is 0.231 e. The van der Waals surface area contributed by atoms with E-state index >= 15 is 0 Å². The number of carbonyl (C=O) groups excluding carboxylic acids is 1. The second kappa shape index (κ2) is 7.18. The van der Waals surface area contributed by atoms with Crippen LogP contribution in [-0.2, 0) is 26.3 Å². The summed E-state index contributed by atoms with van der Waals surface area (Å²) in [6.45, 7) is 2.62. The minimum Gasteiger partial charge on any atom is -0.384 e. The fourth-order valence-corrected chi connectivity index (χ4v) is 4.77. The highest BCUT2D eigenvalue weighted by Crippen LogP contribution is 2.49. The monoisotopic (exact) mass is 393 g/mol. The summed E-state index contributed by atoms with van der Waals surface area (Å²) in [6, 6.07) is 10.1. The zero-order valence-electron chi connectivity index (χ0n) is 16.9. The van der Waals surface area contributed by atoms with Gasteiger partial charge in [0.25, 0.3) is 0 Å². The Balaban J connectivity index is 1.39. The molecule has 3 aliphatic rings. The van der Waals surface area contributed by atoms with Crippen LogP contribution in [-0.4, -0.2) is 54.2 Å². The van der Waals surface area contributed by atoms with E-state index in [4.69, 9.17) is 14.5 Å². The van der Waals surface area contributed by atoms with Crippen molar-refractivity contribution in [2.24, 2.45) is 5.41 Å². The minimum absolute atomic E-state index is 0.248. The number of aromatic nitrogens is 2. The van der Waals surface area contributed by atoms with E-state index < -0.39 is 5.60 Å². The number of methoxy groups -OCH3 is 1. The van der Waals surface area contributed by atoms with Crippen LogP contribution < -0.4 is 0 Å². The maximum absolute atomic E-state index is 13.0. The van der Waals surface area contributed by atoms with Crippen LogP contribution in [0.2, 0.25) is 0 Å². The molecule has 0 unspecified atom stereocenters. The zero-order chi connectivity index (χ0) is 19.9. The first-order valence-electron chi connectivity index (χ1n) is 10.5. The third-order valence-corrected chi connectivity index (χ3v) is 6.66. The Morgan fingerprint density at radius 2 is 1.93 bits per heavy atom. The van der Waals surface area contributed by atoms with Gasteiger partial charge in [0.1, 0.15) is 5.60 Å². The molecule has 3 heterocycles. The van der Waals surface area contributed by atoms with E-state index in [9.17, 15) is 4.79 Å². The molecular weight excluding hydrogens is 366 g/mol. The van der Waals surface area contributed by atoms with Crippen LogP contribution in [0.3, 0.4) is 0 Å². The summed E-state index contributed by atoms with van der Waals surface area (Å²) >= 11 is 0. The predicted octanol–water partition coefficient (Wildman–Crippen LogP) is 2.96. The first-order valence-corrected chi connectivity index (χ1v) is 10.5. The molecule has 0 bridgehead atoms.